The first kappa shape index (κ1) is 16.3. The summed E-state index contributed by atoms with van der Waals surface area (Å²) < 4.78 is 24.1. The van der Waals surface area contributed by atoms with Crippen molar-refractivity contribution in [3.63, 3.8) is 0 Å². The molecule has 0 heterocycles. The summed E-state index contributed by atoms with van der Waals surface area (Å²) in [5.74, 6) is -0.0271. The Labute approximate surface area is 133 Å². The van der Waals surface area contributed by atoms with Crippen LogP contribution in [0.3, 0.4) is 0 Å². The molecule has 1 aromatic rings. The van der Waals surface area contributed by atoms with Crippen molar-refractivity contribution in [2.75, 3.05) is 6.26 Å². The SMILES string of the molecule is CS(=O)(=O)C1CCCC(C(O)c2ccc(Br)c(Cl)c2)C1. The fraction of sp³-hybridized carbons (Fsp3) is 0.571. The van der Waals surface area contributed by atoms with E-state index in [1.165, 1.54) is 6.26 Å². The Morgan fingerprint density at radius 3 is 2.70 bits per heavy atom. The van der Waals surface area contributed by atoms with Gasteiger partial charge >= 0.3 is 0 Å². The highest BCUT2D eigenvalue weighted by Crippen LogP contribution is 2.38. The Bertz CT molecular complexity index is 588. The van der Waals surface area contributed by atoms with Gasteiger partial charge in [-0.25, -0.2) is 8.42 Å². The Hall–Kier alpha value is -0.100. The molecule has 1 aliphatic rings. The van der Waals surface area contributed by atoms with Crippen LogP contribution in [-0.2, 0) is 9.84 Å². The molecule has 3 nitrogen and oxygen atoms in total. The van der Waals surface area contributed by atoms with Gasteiger partial charge in [0.1, 0.15) is 9.84 Å². The van der Waals surface area contributed by atoms with E-state index in [9.17, 15) is 13.5 Å². The van der Waals surface area contributed by atoms with Gasteiger partial charge in [-0.3, -0.25) is 0 Å². The van der Waals surface area contributed by atoms with Gasteiger partial charge in [0.25, 0.3) is 0 Å². The van der Waals surface area contributed by atoms with Gasteiger partial charge in [0, 0.05) is 10.7 Å². The van der Waals surface area contributed by atoms with Gasteiger partial charge in [-0.2, -0.15) is 0 Å². The fourth-order valence-electron chi connectivity index (χ4n) is 2.83. The van der Waals surface area contributed by atoms with Crippen molar-refractivity contribution in [2.45, 2.75) is 37.0 Å². The highest BCUT2D eigenvalue weighted by atomic mass is 79.9. The topological polar surface area (TPSA) is 54.4 Å². The van der Waals surface area contributed by atoms with Crippen LogP contribution in [0.4, 0.5) is 0 Å². The molecule has 1 N–H and O–H groups in total. The van der Waals surface area contributed by atoms with E-state index in [1.807, 2.05) is 6.07 Å². The predicted octanol–water partition coefficient (Wildman–Crippen LogP) is 3.74. The first-order chi connectivity index (χ1) is 9.29. The molecule has 1 fully saturated rings. The number of aliphatic hydroxyl groups is 1. The smallest absolute Gasteiger partial charge is 0.150 e. The molecule has 0 aromatic heterocycles. The fourth-order valence-corrected chi connectivity index (χ4v) is 4.45. The predicted molar refractivity (Wildman–Crippen MR) is 84.7 cm³/mol. The second kappa shape index (κ2) is 6.34. The summed E-state index contributed by atoms with van der Waals surface area (Å²) in [4.78, 5) is 0. The maximum Gasteiger partial charge on any atom is 0.150 e. The Balaban J connectivity index is 2.16. The van der Waals surface area contributed by atoms with E-state index in [2.05, 4.69) is 15.9 Å². The number of aliphatic hydroxyl groups excluding tert-OH is 1. The number of hydrogen-bond acceptors (Lipinski definition) is 3. The van der Waals surface area contributed by atoms with E-state index < -0.39 is 15.9 Å². The zero-order valence-electron chi connectivity index (χ0n) is 11.2. The average Bonchev–Trinajstić information content (AvgIpc) is 2.40. The van der Waals surface area contributed by atoms with Crippen molar-refractivity contribution in [1.82, 2.24) is 0 Å². The number of benzene rings is 1. The zero-order valence-corrected chi connectivity index (χ0v) is 14.4. The van der Waals surface area contributed by atoms with Gasteiger partial charge in [0.2, 0.25) is 0 Å². The molecule has 3 unspecified atom stereocenters. The molecule has 0 aliphatic heterocycles. The van der Waals surface area contributed by atoms with Crippen molar-refractivity contribution in [1.29, 1.82) is 0 Å². The summed E-state index contributed by atoms with van der Waals surface area (Å²) in [6.45, 7) is 0. The third-order valence-corrected chi connectivity index (χ3v) is 6.88. The van der Waals surface area contributed by atoms with Crippen LogP contribution in [0.1, 0.15) is 37.4 Å². The summed E-state index contributed by atoms with van der Waals surface area (Å²) in [5, 5.41) is 10.7. The molecule has 2 rings (SSSR count). The molecule has 0 bridgehead atoms. The second-order valence-corrected chi connectivity index (χ2v) is 9.08. The molecule has 0 amide bonds. The molecule has 1 aromatic carbocycles. The highest BCUT2D eigenvalue weighted by Gasteiger charge is 2.33. The quantitative estimate of drug-likeness (QED) is 0.867. The summed E-state index contributed by atoms with van der Waals surface area (Å²) >= 11 is 9.36. The third kappa shape index (κ3) is 3.75. The summed E-state index contributed by atoms with van der Waals surface area (Å²) in [6, 6.07) is 5.36. The molecule has 3 atom stereocenters. The van der Waals surface area contributed by atoms with Gasteiger partial charge in [-0.05, 0) is 58.8 Å². The van der Waals surface area contributed by atoms with Crippen LogP contribution in [0.5, 0.6) is 0 Å². The second-order valence-electron chi connectivity index (χ2n) is 5.50. The summed E-state index contributed by atoms with van der Waals surface area (Å²) in [5.41, 5.74) is 0.748. The molecule has 1 saturated carbocycles. The van der Waals surface area contributed by atoms with Crippen LogP contribution < -0.4 is 0 Å². The minimum atomic E-state index is -3.03. The number of halogens is 2. The van der Waals surface area contributed by atoms with Crippen LogP contribution >= 0.6 is 27.5 Å². The third-order valence-electron chi connectivity index (χ3n) is 4.00. The number of hydrogen-bond donors (Lipinski definition) is 1. The van der Waals surface area contributed by atoms with Gasteiger partial charge in [0.15, 0.2) is 0 Å². The molecule has 112 valence electrons. The van der Waals surface area contributed by atoms with Crippen LogP contribution in [0, 0.1) is 5.92 Å². The minimum absolute atomic E-state index is 0.0271. The van der Waals surface area contributed by atoms with E-state index in [0.29, 0.717) is 17.9 Å². The molecule has 0 spiro atoms. The van der Waals surface area contributed by atoms with Crippen molar-refractivity contribution in [2.24, 2.45) is 5.92 Å². The standard InChI is InChI=1S/C14H18BrClO3S/c1-20(18,19)11-4-2-3-9(7-11)14(17)10-5-6-12(15)13(16)8-10/h5-6,8-9,11,14,17H,2-4,7H2,1H3. The average molecular weight is 382 g/mol. The lowest BCUT2D eigenvalue weighted by Crippen LogP contribution is -2.30. The van der Waals surface area contributed by atoms with Crippen LogP contribution in [0.25, 0.3) is 0 Å². The Morgan fingerprint density at radius 1 is 1.40 bits per heavy atom. The first-order valence-electron chi connectivity index (χ1n) is 6.61. The lowest BCUT2D eigenvalue weighted by Gasteiger charge is -2.31. The van der Waals surface area contributed by atoms with E-state index in [0.717, 1.165) is 22.9 Å². The molecular formula is C14H18BrClO3S. The Morgan fingerprint density at radius 2 is 2.10 bits per heavy atom. The van der Waals surface area contributed by atoms with Gasteiger partial charge in [0.05, 0.1) is 16.4 Å². The van der Waals surface area contributed by atoms with E-state index in [1.54, 1.807) is 12.1 Å². The normalized spacial score (nSPS) is 25.4. The van der Waals surface area contributed by atoms with Crippen molar-refractivity contribution >= 4 is 37.4 Å². The minimum Gasteiger partial charge on any atom is -0.388 e. The molecule has 6 heteroatoms. The van der Waals surface area contributed by atoms with E-state index in [-0.39, 0.29) is 11.2 Å². The maximum absolute atomic E-state index is 11.7. The maximum atomic E-state index is 11.7. The van der Waals surface area contributed by atoms with E-state index in [4.69, 9.17) is 11.6 Å². The summed E-state index contributed by atoms with van der Waals surface area (Å²) in [6.07, 6.45) is 3.52. The van der Waals surface area contributed by atoms with E-state index >= 15 is 0 Å². The first-order valence-corrected chi connectivity index (χ1v) is 9.73. The van der Waals surface area contributed by atoms with Gasteiger partial charge in [-0.1, -0.05) is 24.1 Å². The molecule has 0 saturated heterocycles. The lowest BCUT2D eigenvalue weighted by molar-refractivity contribution is 0.0857. The van der Waals surface area contributed by atoms with Gasteiger partial charge in [-0.15, -0.1) is 0 Å². The van der Waals surface area contributed by atoms with Crippen LogP contribution in [-0.4, -0.2) is 25.0 Å². The molecule has 20 heavy (non-hydrogen) atoms. The molecular weight excluding hydrogens is 364 g/mol. The number of rotatable bonds is 3. The lowest BCUT2D eigenvalue weighted by atomic mass is 9.82. The van der Waals surface area contributed by atoms with Crippen molar-refractivity contribution in [3.8, 4) is 0 Å². The number of sulfone groups is 1. The van der Waals surface area contributed by atoms with Crippen molar-refractivity contribution in [3.05, 3.63) is 33.3 Å². The zero-order chi connectivity index (χ0) is 14.9. The molecule has 0 radical (unpaired) electrons. The monoisotopic (exact) mass is 380 g/mol. The van der Waals surface area contributed by atoms with Crippen LogP contribution in [0.2, 0.25) is 5.02 Å². The Kier molecular flexibility index (Phi) is 5.16. The van der Waals surface area contributed by atoms with Crippen molar-refractivity contribution < 1.29 is 13.5 Å². The largest absolute Gasteiger partial charge is 0.388 e. The molecule has 1 aliphatic carbocycles. The van der Waals surface area contributed by atoms with Crippen LogP contribution in [0.15, 0.2) is 22.7 Å². The highest BCUT2D eigenvalue weighted by molar-refractivity contribution is 9.10. The van der Waals surface area contributed by atoms with Gasteiger partial charge < -0.3 is 5.11 Å². The summed E-state index contributed by atoms with van der Waals surface area (Å²) in [7, 11) is -3.03.